The summed E-state index contributed by atoms with van der Waals surface area (Å²) in [7, 11) is 0. The lowest BCUT2D eigenvalue weighted by molar-refractivity contribution is -0.131. The molecule has 1 rings (SSSR count). The molecule has 3 heteroatoms. The molecule has 1 aliphatic carbocycles. The third kappa shape index (κ3) is 5.02. The third-order valence-corrected chi connectivity index (χ3v) is 2.48. The van der Waals surface area contributed by atoms with Crippen molar-refractivity contribution in [2.75, 3.05) is 6.54 Å². The van der Waals surface area contributed by atoms with Crippen LogP contribution in [0.15, 0.2) is 11.6 Å². The van der Waals surface area contributed by atoms with Crippen molar-refractivity contribution in [2.24, 2.45) is 5.92 Å². The lowest BCUT2D eigenvalue weighted by Gasteiger charge is -2.12. The van der Waals surface area contributed by atoms with Crippen LogP contribution < -0.4 is 5.32 Å². The molecule has 0 aromatic rings. The van der Waals surface area contributed by atoms with E-state index in [4.69, 9.17) is 5.11 Å². The van der Waals surface area contributed by atoms with Gasteiger partial charge in [0.15, 0.2) is 0 Å². The second kappa shape index (κ2) is 5.15. The minimum absolute atomic E-state index is 0.500. The molecule has 2 N–H and O–H groups in total. The third-order valence-electron chi connectivity index (χ3n) is 2.48. The molecule has 0 aromatic heterocycles. The Hall–Kier alpha value is -0.830. The van der Waals surface area contributed by atoms with Crippen molar-refractivity contribution in [1.82, 2.24) is 5.32 Å². The molecule has 0 bridgehead atoms. The summed E-state index contributed by atoms with van der Waals surface area (Å²) in [6.45, 7) is 4.68. The highest BCUT2D eigenvalue weighted by Gasteiger charge is 2.23. The van der Waals surface area contributed by atoms with Crippen molar-refractivity contribution >= 4 is 5.97 Å². The van der Waals surface area contributed by atoms with Crippen molar-refractivity contribution in [3.05, 3.63) is 11.6 Å². The smallest absolute Gasteiger partial charge is 0.328 e. The van der Waals surface area contributed by atoms with Gasteiger partial charge < -0.3 is 10.4 Å². The highest BCUT2D eigenvalue weighted by Crippen LogP contribution is 2.33. The van der Waals surface area contributed by atoms with Gasteiger partial charge in [-0.3, -0.25) is 0 Å². The molecule has 1 fully saturated rings. The Morgan fingerprint density at radius 3 is 2.79 bits per heavy atom. The second-order valence-corrected chi connectivity index (χ2v) is 4.29. The average molecular weight is 197 g/mol. The van der Waals surface area contributed by atoms with E-state index in [1.165, 1.54) is 25.3 Å². The van der Waals surface area contributed by atoms with Crippen LogP contribution in [0.3, 0.4) is 0 Å². The molecule has 0 saturated heterocycles. The normalized spacial score (nSPS) is 19.4. The quantitative estimate of drug-likeness (QED) is 0.638. The molecule has 0 radical (unpaired) electrons. The van der Waals surface area contributed by atoms with Gasteiger partial charge in [-0.25, -0.2) is 4.79 Å². The van der Waals surface area contributed by atoms with Gasteiger partial charge in [-0.2, -0.15) is 0 Å². The largest absolute Gasteiger partial charge is 0.478 e. The van der Waals surface area contributed by atoms with E-state index in [2.05, 4.69) is 12.2 Å². The summed E-state index contributed by atoms with van der Waals surface area (Å²) >= 11 is 0. The van der Waals surface area contributed by atoms with Crippen LogP contribution in [0.25, 0.3) is 0 Å². The molecule has 80 valence electrons. The van der Waals surface area contributed by atoms with Crippen LogP contribution in [-0.2, 0) is 4.79 Å². The van der Waals surface area contributed by atoms with Gasteiger partial charge >= 0.3 is 5.97 Å². The Morgan fingerprint density at radius 1 is 1.64 bits per heavy atom. The molecule has 1 aliphatic rings. The molecule has 3 nitrogen and oxygen atoms in total. The van der Waals surface area contributed by atoms with Gasteiger partial charge in [-0.1, -0.05) is 18.4 Å². The Balaban J connectivity index is 2.14. The summed E-state index contributed by atoms with van der Waals surface area (Å²) in [5.41, 5.74) is 0.875. The molecule has 0 spiro atoms. The number of rotatable bonds is 6. The Labute approximate surface area is 85.2 Å². The molecule has 1 atom stereocenters. The number of carboxylic acids is 1. The van der Waals surface area contributed by atoms with Crippen LogP contribution in [0.2, 0.25) is 0 Å². The predicted molar refractivity (Wildman–Crippen MR) is 56.2 cm³/mol. The first-order chi connectivity index (χ1) is 6.58. The van der Waals surface area contributed by atoms with Crippen LogP contribution in [0.5, 0.6) is 0 Å². The monoisotopic (exact) mass is 197 g/mol. The lowest BCUT2D eigenvalue weighted by atomic mass is 10.1. The average Bonchev–Trinajstić information content (AvgIpc) is 2.83. The van der Waals surface area contributed by atoms with Crippen LogP contribution >= 0.6 is 0 Å². The lowest BCUT2D eigenvalue weighted by Crippen LogP contribution is -2.28. The fraction of sp³-hybridized carbons (Fsp3) is 0.727. The fourth-order valence-corrected chi connectivity index (χ4v) is 1.53. The zero-order valence-corrected chi connectivity index (χ0v) is 8.92. The van der Waals surface area contributed by atoms with Gasteiger partial charge in [-0.15, -0.1) is 0 Å². The van der Waals surface area contributed by atoms with Gasteiger partial charge in [0.25, 0.3) is 0 Å². The van der Waals surface area contributed by atoms with Gasteiger partial charge in [0.05, 0.1) is 0 Å². The van der Waals surface area contributed by atoms with E-state index in [1.54, 1.807) is 0 Å². The van der Waals surface area contributed by atoms with E-state index in [1.807, 2.05) is 6.92 Å². The molecule has 1 saturated carbocycles. The molecule has 0 aliphatic heterocycles. The van der Waals surface area contributed by atoms with Gasteiger partial charge in [0.2, 0.25) is 0 Å². The summed E-state index contributed by atoms with van der Waals surface area (Å²) in [4.78, 5) is 10.3. The van der Waals surface area contributed by atoms with Crippen molar-refractivity contribution < 1.29 is 9.90 Å². The number of nitrogens with one attached hydrogen (secondary N) is 1. The molecular formula is C11H19NO2. The van der Waals surface area contributed by atoms with Gasteiger partial charge in [0, 0.05) is 18.7 Å². The van der Waals surface area contributed by atoms with Crippen LogP contribution in [0, 0.1) is 5.92 Å². The Kier molecular flexibility index (Phi) is 4.14. The molecule has 1 unspecified atom stereocenters. The van der Waals surface area contributed by atoms with Crippen molar-refractivity contribution in [3.8, 4) is 0 Å². The van der Waals surface area contributed by atoms with Crippen molar-refractivity contribution in [1.29, 1.82) is 0 Å². The first kappa shape index (κ1) is 11.2. The minimum atomic E-state index is -0.862. The Morgan fingerprint density at radius 2 is 2.29 bits per heavy atom. The molecule has 0 heterocycles. The van der Waals surface area contributed by atoms with E-state index in [-0.39, 0.29) is 0 Å². The maximum absolute atomic E-state index is 10.3. The molecule has 14 heavy (non-hydrogen) atoms. The molecule has 0 amide bonds. The first-order valence-corrected chi connectivity index (χ1v) is 5.21. The summed E-state index contributed by atoms with van der Waals surface area (Å²) in [5, 5.41) is 11.8. The number of carboxylic acid groups (broad SMARTS) is 1. The summed E-state index contributed by atoms with van der Waals surface area (Å²) < 4.78 is 0. The molecular weight excluding hydrogens is 178 g/mol. The Bertz CT molecular complexity index is 231. The minimum Gasteiger partial charge on any atom is -0.478 e. The van der Waals surface area contributed by atoms with Gasteiger partial charge in [0.1, 0.15) is 0 Å². The summed E-state index contributed by atoms with van der Waals surface area (Å²) in [6, 6.07) is 0.500. The second-order valence-electron chi connectivity index (χ2n) is 4.29. The first-order valence-electron chi connectivity index (χ1n) is 5.21. The highest BCUT2D eigenvalue weighted by atomic mass is 16.4. The number of hydrogen-bond donors (Lipinski definition) is 2. The maximum atomic E-state index is 10.3. The zero-order chi connectivity index (χ0) is 10.6. The van der Waals surface area contributed by atoms with E-state index in [9.17, 15) is 4.79 Å². The van der Waals surface area contributed by atoms with E-state index >= 15 is 0 Å². The van der Waals surface area contributed by atoms with E-state index in [0.717, 1.165) is 11.5 Å². The van der Waals surface area contributed by atoms with Crippen LogP contribution in [-0.4, -0.2) is 23.7 Å². The van der Waals surface area contributed by atoms with Crippen molar-refractivity contribution in [3.63, 3.8) is 0 Å². The highest BCUT2D eigenvalue weighted by molar-refractivity contribution is 5.80. The zero-order valence-electron chi connectivity index (χ0n) is 8.92. The molecule has 0 aromatic carbocycles. The number of carbonyl (C=O) groups is 1. The fourth-order valence-electron chi connectivity index (χ4n) is 1.53. The topological polar surface area (TPSA) is 49.3 Å². The van der Waals surface area contributed by atoms with Gasteiger partial charge in [-0.05, 0) is 26.2 Å². The predicted octanol–water partition coefficient (Wildman–Crippen LogP) is 1.80. The summed E-state index contributed by atoms with van der Waals surface area (Å²) in [6.07, 6.45) is 5.23. The van der Waals surface area contributed by atoms with E-state index in [0.29, 0.717) is 12.6 Å². The number of hydrogen-bond acceptors (Lipinski definition) is 2. The van der Waals surface area contributed by atoms with E-state index < -0.39 is 5.97 Å². The van der Waals surface area contributed by atoms with Crippen LogP contribution in [0.4, 0.5) is 0 Å². The number of aliphatic carboxylic acids is 1. The summed E-state index contributed by atoms with van der Waals surface area (Å²) in [5.74, 6) is 0.0559. The van der Waals surface area contributed by atoms with Crippen molar-refractivity contribution in [2.45, 2.75) is 39.2 Å². The standard InChI is InChI=1S/C11H19NO2/c1-8(5-11(13)14)7-12-9(2)6-10-3-4-10/h5,9-10,12H,3-4,6-7H2,1-2H3,(H,13,14). The van der Waals surface area contributed by atoms with Crippen LogP contribution in [0.1, 0.15) is 33.1 Å². The maximum Gasteiger partial charge on any atom is 0.328 e. The SMILES string of the molecule is CC(=CC(=O)O)CNC(C)CC1CC1.